The quantitative estimate of drug-likeness (QED) is 0.785. The minimum absolute atomic E-state index is 0.00225. The van der Waals surface area contributed by atoms with Gasteiger partial charge in [-0.25, -0.2) is 0 Å². The maximum absolute atomic E-state index is 11.9. The van der Waals surface area contributed by atoms with E-state index in [1.165, 1.54) is 0 Å². The van der Waals surface area contributed by atoms with Gasteiger partial charge in [0.1, 0.15) is 12.4 Å². The standard InChI is InChI=1S/C14H17BrF3NO2/c15-11-5-9-1-4-21-13(9)10(6-11)7-12(19)2-3-20-8-14(16,17)18/h5-6,12H,1-4,7-8,19H2. The van der Waals surface area contributed by atoms with Gasteiger partial charge < -0.3 is 15.2 Å². The second-order valence-corrected chi connectivity index (χ2v) is 5.99. The van der Waals surface area contributed by atoms with Crippen molar-refractivity contribution in [3.8, 4) is 5.75 Å². The summed E-state index contributed by atoms with van der Waals surface area (Å²) in [6.07, 6.45) is -2.50. The zero-order chi connectivity index (χ0) is 15.5. The zero-order valence-electron chi connectivity index (χ0n) is 11.4. The van der Waals surface area contributed by atoms with Crippen LogP contribution in [0.1, 0.15) is 17.5 Å². The lowest BCUT2D eigenvalue weighted by Gasteiger charge is -2.15. The van der Waals surface area contributed by atoms with Crippen molar-refractivity contribution in [3.63, 3.8) is 0 Å². The Bertz CT molecular complexity index is 494. The van der Waals surface area contributed by atoms with E-state index in [0.717, 1.165) is 27.8 Å². The first-order valence-electron chi connectivity index (χ1n) is 6.69. The Balaban J connectivity index is 1.85. The van der Waals surface area contributed by atoms with Crippen molar-refractivity contribution >= 4 is 15.9 Å². The average molecular weight is 368 g/mol. The summed E-state index contributed by atoms with van der Waals surface area (Å²) < 4.78 is 47.0. The van der Waals surface area contributed by atoms with Crippen molar-refractivity contribution in [2.45, 2.75) is 31.5 Å². The molecule has 0 saturated carbocycles. The fraction of sp³-hybridized carbons (Fsp3) is 0.571. The topological polar surface area (TPSA) is 44.5 Å². The van der Waals surface area contributed by atoms with Crippen LogP contribution in [0.2, 0.25) is 0 Å². The van der Waals surface area contributed by atoms with Crippen LogP contribution in [0.25, 0.3) is 0 Å². The third kappa shape index (κ3) is 5.16. The predicted molar refractivity (Wildman–Crippen MR) is 76.5 cm³/mol. The lowest BCUT2D eigenvalue weighted by atomic mass is 10.0. The lowest BCUT2D eigenvalue weighted by Crippen LogP contribution is -2.26. The molecule has 7 heteroatoms. The molecule has 1 aliphatic rings. The van der Waals surface area contributed by atoms with Crippen LogP contribution in [0.4, 0.5) is 13.2 Å². The molecule has 1 aliphatic heterocycles. The molecule has 3 nitrogen and oxygen atoms in total. The van der Waals surface area contributed by atoms with Crippen LogP contribution >= 0.6 is 15.9 Å². The third-order valence-electron chi connectivity index (χ3n) is 3.21. The van der Waals surface area contributed by atoms with Gasteiger partial charge >= 0.3 is 6.18 Å². The van der Waals surface area contributed by atoms with E-state index < -0.39 is 12.8 Å². The van der Waals surface area contributed by atoms with Gasteiger partial charge in [-0.1, -0.05) is 15.9 Å². The number of hydrogen-bond acceptors (Lipinski definition) is 3. The van der Waals surface area contributed by atoms with Gasteiger partial charge in [0.15, 0.2) is 0 Å². The van der Waals surface area contributed by atoms with Crippen molar-refractivity contribution < 1.29 is 22.6 Å². The summed E-state index contributed by atoms with van der Waals surface area (Å²) in [6, 6.07) is 3.70. The Morgan fingerprint density at radius 2 is 2.14 bits per heavy atom. The van der Waals surface area contributed by atoms with Crippen LogP contribution in [-0.2, 0) is 17.6 Å². The van der Waals surface area contributed by atoms with Crippen LogP contribution in [0.15, 0.2) is 16.6 Å². The number of halogens is 4. The van der Waals surface area contributed by atoms with E-state index in [2.05, 4.69) is 20.7 Å². The molecule has 0 aromatic heterocycles. The maximum atomic E-state index is 11.9. The molecule has 1 unspecified atom stereocenters. The summed E-state index contributed by atoms with van der Waals surface area (Å²) in [5, 5.41) is 0. The molecule has 0 saturated heterocycles. The minimum Gasteiger partial charge on any atom is -0.493 e. The van der Waals surface area contributed by atoms with Gasteiger partial charge in [0.25, 0.3) is 0 Å². The first-order valence-corrected chi connectivity index (χ1v) is 7.48. The number of nitrogens with two attached hydrogens (primary N) is 1. The van der Waals surface area contributed by atoms with Crippen molar-refractivity contribution in [2.24, 2.45) is 5.73 Å². The fourth-order valence-electron chi connectivity index (χ4n) is 2.30. The van der Waals surface area contributed by atoms with E-state index in [4.69, 9.17) is 10.5 Å². The van der Waals surface area contributed by atoms with Gasteiger partial charge in [0, 0.05) is 23.5 Å². The molecule has 2 N–H and O–H groups in total. The van der Waals surface area contributed by atoms with Gasteiger partial charge in [-0.05, 0) is 36.1 Å². The fourth-order valence-corrected chi connectivity index (χ4v) is 2.86. The Hall–Kier alpha value is -0.790. The van der Waals surface area contributed by atoms with E-state index in [-0.39, 0.29) is 12.6 Å². The zero-order valence-corrected chi connectivity index (χ0v) is 13.0. The van der Waals surface area contributed by atoms with Crippen molar-refractivity contribution in [1.29, 1.82) is 0 Å². The van der Waals surface area contributed by atoms with Crippen molar-refractivity contribution in [1.82, 2.24) is 0 Å². The van der Waals surface area contributed by atoms with Gasteiger partial charge in [-0.15, -0.1) is 0 Å². The normalized spacial score (nSPS) is 15.7. The van der Waals surface area contributed by atoms with Gasteiger partial charge in [-0.2, -0.15) is 13.2 Å². The second-order valence-electron chi connectivity index (χ2n) is 5.07. The molecule has 1 aromatic rings. The second kappa shape index (κ2) is 6.98. The molecule has 0 fully saturated rings. The smallest absolute Gasteiger partial charge is 0.411 e. The average Bonchev–Trinajstić information content (AvgIpc) is 2.81. The van der Waals surface area contributed by atoms with Crippen LogP contribution in [0.5, 0.6) is 5.75 Å². The van der Waals surface area contributed by atoms with E-state index in [9.17, 15) is 13.2 Å². The molecule has 0 aliphatic carbocycles. The summed E-state index contributed by atoms with van der Waals surface area (Å²) in [5.41, 5.74) is 8.09. The number of benzene rings is 1. The highest BCUT2D eigenvalue weighted by molar-refractivity contribution is 9.10. The Labute approximate surface area is 129 Å². The number of hydrogen-bond donors (Lipinski definition) is 1. The Morgan fingerprint density at radius 3 is 2.86 bits per heavy atom. The van der Waals surface area contributed by atoms with Gasteiger partial charge in [0.05, 0.1) is 6.61 Å². The molecule has 0 bridgehead atoms. The minimum atomic E-state index is -4.29. The monoisotopic (exact) mass is 367 g/mol. The maximum Gasteiger partial charge on any atom is 0.411 e. The van der Waals surface area contributed by atoms with E-state index in [1.54, 1.807) is 0 Å². The molecule has 1 heterocycles. The highest BCUT2D eigenvalue weighted by Crippen LogP contribution is 2.33. The van der Waals surface area contributed by atoms with Crippen LogP contribution in [0.3, 0.4) is 0 Å². The summed E-state index contributed by atoms with van der Waals surface area (Å²) in [4.78, 5) is 0. The van der Waals surface area contributed by atoms with E-state index in [0.29, 0.717) is 19.4 Å². The summed E-state index contributed by atoms with van der Waals surface area (Å²) in [6.45, 7) is -0.574. The van der Waals surface area contributed by atoms with Gasteiger partial charge in [-0.3, -0.25) is 0 Å². The first-order chi connectivity index (χ1) is 9.85. The van der Waals surface area contributed by atoms with Crippen LogP contribution < -0.4 is 10.5 Å². The Morgan fingerprint density at radius 1 is 1.38 bits per heavy atom. The predicted octanol–water partition coefficient (Wildman–Crippen LogP) is 3.22. The SMILES string of the molecule is NC(CCOCC(F)(F)F)Cc1cc(Br)cc2c1OCC2. The third-order valence-corrected chi connectivity index (χ3v) is 3.66. The van der Waals surface area contributed by atoms with Crippen molar-refractivity contribution in [2.75, 3.05) is 19.8 Å². The summed E-state index contributed by atoms with van der Waals surface area (Å²) in [5.74, 6) is 0.866. The lowest BCUT2D eigenvalue weighted by molar-refractivity contribution is -0.174. The number of ether oxygens (including phenoxy) is 2. The first kappa shape index (κ1) is 16.6. The summed E-state index contributed by atoms with van der Waals surface area (Å²) in [7, 11) is 0. The highest BCUT2D eigenvalue weighted by atomic mass is 79.9. The van der Waals surface area contributed by atoms with E-state index >= 15 is 0 Å². The molecule has 118 valence electrons. The molecule has 1 aromatic carbocycles. The highest BCUT2D eigenvalue weighted by Gasteiger charge is 2.27. The molecule has 0 radical (unpaired) electrons. The van der Waals surface area contributed by atoms with Crippen LogP contribution in [0, 0.1) is 0 Å². The molecular weight excluding hydrogens is 351 g/mol. The van der Waals surface area contributed by atoms with Crippen LogP contribution in [-0.4, -0.2) is 32.0 Å². The number of fused-ring (bicyclic) bond motifs is 1. The largest absolute Gasteiger partial charge is 0.493 e. The Kier molecular flexibility index (Phi) is 5.51. The molecule has 0 spiro atoms. The van der Waals surface area contributed by atoms with Gasteiger partial charge in [0.2, 0.25) is 0 Å². The summed E-state index contributed by atoms with van der Waals surface area (Å²) >= 11 is 3.45. The van der Waals surface area contributed by atoms with E-state index in [1.807, 2.05) is 12.1 Å². The molecule has 1 atom stereocenters. The number of alkyl halides is 3. The molecule has 21 heavy (non-hydrogen) atoms. The van der Waals surface area contributed by atoms with Crippen molar-refractivity contribution in [3.05, 3.63) is 27.7 Å². The molecule has 0 amide bonds. The molecular formula is C14H17BrF3NO2. The number of rotatable bonds is 6. The molecule has 2 rings (SSSR count).